The van der Waals surface area contributed by atoms with Gasteiger partial charge in [0.1, 0.15) is 0 Å². The third kappa shape index (κ3) is 4.70. The van der Waals surface area contributed by atoms with Crippen LogP contribution >= 0.6 is 11.8 Å². The van der Waals surface area contributed by atoms with Crippen LogP contribution in [0.5, 0.6) is 0 Å². The van der Waals surface area contributed by atoms with Gasteiger partial charge in [-0.3, -0.25) is 4.79 Å². The van der Waals surface area contributed by atoms with E-state index in [9.17, 15) is 9.59 Å². The number of hydrogen-bond acceptors (Lipinski definition) is 6. The maximum absolute atomic E-state index is 13.1. The zero-order valence-electron chi connectivity index (χ0n) is 19.3. The monoisotopic (exact) mass is 457 g/mol. The first-order valence-electron chi connectivity index (χ1n) is 10.9. The number of carbonyl (C=O) groups is 2. The molecule has 3 rings (SSSR count). The number of anilines is 1. The fourth-order valence-electron chi connectivity index (χ4n) is 4.01. The van der Waals surface area contributed by atoms with Crippen LogP contribution < -0.4 is 4.90 Å². The van der Waals surface area contributed by atoms with Gasteiger partial charge in [0.2, 0.25) is 0 Å². The van der Waals surface area contributed by atoms with Gasteiger partial charge in [-0.15, -0.1) is 11.8 Å². The van der Waals surface area contributed by atoms with Gasteiger partial charge in [-0.2, -0.15) is 0 Å². The number of benzene rings is 2. The maximum Gasteiger partial charge on any atom is 0.338 e. The van der Waals surface area contributed by atoms with Crippen LogP contribution in [0.15, 0.2) is 47.4 Å². The van der Waals surface area contributed by atoms with Crippen LogP contribution in [0.4, 0.5) is 5.69 Å². The highest BCUT2D eigenvalue weighted by Crippen LogP contribution is 2.45. The number of ether oxygens (including phenoxy) is 3. The predicted molar refractivity (Wildman–Crippen MR) is 126 cm³/mol. The second kappa shape index (κ2) is 10.5. The molecule has 0 bridgehead atoms. The molecule has 1 heterocycles. The topological polar surface area (TPSA) is 65.1 Å². The second-order valence-corrected chi connectivity index (χ2v) is 9.22. The molecule has 1 aliphatic heterocycles. The summed E-state index contributed by atoms with van der Waals surface area (Å²) < 4.78 is 16.3. The first-order chi connectivity index (χ1) is 15.4. The first kappa shape index (κ1) is 24.3. The lowest BCUT2D eigenvalue weighted by Crippen LogP contribution is -2.43. The summed E-state index contributed by atoms with van der Waals surface area (Å²) in [5.74, 6) is -1.88. The normalized spacial score (nSPS) is 15.5. The van der Waals surface area contributed by atoms with Crippen molar-refractivity contribution in [2.75, 3.05) is 32.3 Å². The molecule has 0 aliphatic carbocycles. The summed E-state index contributed by atoms with van der Waals surface area (Å²) in [4.78, 5) is 27.7. The van der Waals surface area contributed by atoms with E-state index in [1.54, 1.807) is 35.7 Å². The summed E-state index contributed by atoms with van der Waals surface area (Å²) in [7, 11) is 3.01. The van der Waals surface area contributed by atoms with Crippen molar-refractivity contribution in [3.8, 4) is 0 Å². The highest BCUT2D eigenvalue weighted by atomic mass is 32.2. The van der Waals surface area contributed by atoms with Gasteiger partial charge in [-0.1, -0.05) is 26.0 Å². The van der Waals surface area contributed by atoms with Crippen molar-refractivity contribution in [2.24, 2.45) is 0 Å². The van der Waals surface area contributed by atoms with Gasteiger partial charge in [0.05, 0.1) is 17.9 Å². The molecule has 1 amide bonds. The van der Waals surface area contributed by atoms with E-state index in [2.05, 4.69) is 6.92 Å². The van der Waals surface area contributed by atoms with Crippen molar-refractivity contribution in [3.63, 3.8) is 0 Å². The van der Waals surface area contributed by atoms with Crippen molar-refractivity contribution >= 4 is 29.3 Å². The van der Waals surface area contributed by atoms with Gasteiger partial charge in [0, 0.05) is 36.5 Å². The largest absolute Gasteiger partial charge is 0.462 e. The van der Waals surface area contributed by atoms with E-state index < -0.39 is 5.79 Å². The molecule has 2 aromatic rings. The second-order valence-electron chi connectivity index (χ2n) is 7.71. The SMILES string of the molecule is CCCN1C(=O)C(OC)(OC)c2cc(SC(C)Cc3ccc(C(=O)OCC)cc3)ccc21. The smallest absolute Gasteiger partial charge is 0.338 e. The van der Waals surface area contributed by atoms with E-state index in [0.29, 0.717) is 18.7 Å². The van der Waals surface area contributed by atoms with Crippen LogP contribution in [0.2, 0.25) is 0 Å². The average molecular weight is 458 g/mol. The zero-order chi connectivity index (χ0) is 23.3. The molecule has 0 N–H and O–H groups in total. The van der Waals surface area contributed by atoms with Crippen LogP contribution in [0.3, 0.4) is 0 Å². The Labute approximate surface area is 194 Å². The molecule has 32 heavy (non-hydrogen) atoms. The van der Waals surface area contributed by atoms with E-state index in [1.165, 1.54) is 14.2 Å². The fraction of sp³-hybridized carbons (Fsp3) is 0.440. The number of carbonyl (C=O) groups excluding carboxylic acids is 2. The summed E-state index contributed by atoms with van der Waals surface area (Å²) in [5.41, 5.74) is 3.29. The molecule has 0 radical (unpaired) electrons. The Balaban J connectivity index is 1.75. The lowest BCUT2D eigenvalue weighted by atomic mass is 10.1. The van der Waals surface area contributed by atoms with Gasteiger partial charge < -0.3 is 19.1 Å². The summed E-state index contributed by atoms with van der Waals surface area (Å²) in [6, 6.07) is 13.6. The molecule has 1 atom stereocenters. The average Bonchev–Trinajstić information content (AvgIpc) is 3.02. The molecule has 0 saturated heterocycles. The van der Waals surface area contributed by atoms with Gasteiger partial charge in [0.15, 0.2) is 0 Å². The number of methoxy groups -OCH3 is 2. The van der Waals surface area contributed by atoms with Gasteiger partial charge in [0.25, 0.3) is 11.7 Å². The number of amides is 1. The molecule has 172 valence electrons. The number of nitrogens with zero attached hydrogens (tertiary/aromatic N) is 1. The van der Waals surface area contributed by atoms with Crippen LogP contribution in [0.25, 0.3) is 0 Å². The third-order valence-corrected chi connectivity index (χ3v) is 6.58. The quantitative estimate of drug-likeness (QED) is 0.290. The number of thioether (sulfide) groups is 1. The molecule has 0 spiro atoms. The molecule has 0 fully saturated rings. The molecule has 2 aromatic carbocycles. The highest BCUT2D eigenvalue weighted by molar-refractivity contribution is 8.00. The number of hydrogen-bond donors (Lipinski definition) is 0. The molecule has 1 aliphatic rings. The van der Waals surface area contributed by atoms with E-state index >= 15 is 0 Å². The lowest BCUT2D eigenvalue weighted by molar-refractivity contribution is -0.209. The minimum atomic E-state index is -1.40. The number of esters is 1. The lowest BCUT2D eigenvalue weighted by Gasteiger charge is -2.25. The maximum atomic E-state index is 13.1. The number of rotatable bonds is 10. The summed E-state index contributed by atoms with van der Waals surface area (Å²) in [6.45, 7) is 6.98. The fourth-order valence-corrected chi connectivity index (χ4v) is 5.08. The van der Waals surface area contributed by atoms with Crippen molar-refractivity contribution < 1.29 is 23.8 Å². The summed E-state index contributed by atoms with van der Waals surface area (Å²) in [5, 5.41) is 0.282. The predicted octanol–water partition coefficient (Wildman–Crippen LogP) is 4.79. The minimum Gasteiger partial charge on any atom is -0.462 e. The number of fused-ring (bicyclic) bond motifs is 1. The summed E-state index contributed by atoms with van der Waals surface area (Å²) in [6.07, 6.45) is 1.68. The van der Waals surface area contributed by atoms with E-state index in [0.717, 1.165) is 34.6 Å². The van der Waals surface area contributed by atoms with Crippen molar-refractivity contribution in [1.29, 1.82) is 0 Å². The molecule has 0 aromatic heterocycles. The van der Waals surface area contributed by atoms with Crippen LogP contribution in [0.1, 0.15) is 48.7 Å². The van der Waals surface area contributed by atoms with E-state index in [1.807, 2.05) is 37.3 Å². The van der Waals surface area contributed by atoms with Gasteiger partial charge >= 0.3 is 5.97 Å². The summed E-state index contributed by atoms with van der Waals surface area (Å²) >= 11 is 1.73. The van der Waals surface area contributed by atoms with Crippen LogP contribution in [-0.4, -0.2) is 44.5 Å². The minimum absolute atomic E-state index is 0.184. The van der Waals surface area contributed by atoms with E-state index in [-0.39, 0.29) is 17.1 Å². The van der Waals surface area contributed by atoms with Gasteiger partial charge in [-0.25, -0.2) is 4.79 Å². The standard InChI is InChI=1S/C25H31NO5S/c1-6-14-26-22-13-12-20(16-21(22)25(29-4,30-5)24(26)28)32-17(3)15-18-8-10-19(11-9-18)23(27)31-7-2/h8-13,16-17H,6-7,14-15H2,1-5H3. The van der Waals surface area contributed by atoms with Gasteiger partial charge in [-0.05, 0) is 55.7 Å². The Hall–Kier alpha value is -2.35. The van der Waals surface area contributed by atoms with Crippen LogP contribution in [0, 0.1) is 0 Å². The van der Waals surface area contributed by atoms with Crippen LogP contribution in [-0.2, 0) is 31.2 Å². The molecule has 7 heteroatoms. The highest BCUT2D eigenvalue weighted by Gasteiger charge is 2.52. The Morgan fingerprint density at radius 1 is 1.09 bits per heavy atom. The molecular formula is C25H31NO5S. The van der Waals surface area contributed by atoms with Crippen molar-refractivity contribution in [1.82, 2.24) is 0 Å². The molecule has 1 unspecified atom stereocenters. The zero-order valence-corrected chi connectivity index (χ0v) is 20.2. The first-order valence-corrected chi connectivity index (χ1v) is 11.8. The van der Waals surface area contributed by atoms with Crippen molar-refractivity contribution in [2.45, 2.75) is 49.5 Å². The molecule has 0 saturated carbocycles. The Bertz CT molecular complexity index is 955. The molecular weight excluding hydrogens is 426 g/mol. The van der Waals surface area contributed by atoms with E-state index in [4.69, 9.17) is 14.2 Å². The Morgan fingerprint density at radius 3 is 2.38 bits per heavy atom. The molecule has 6 nitrogen and oxygen atoms in total. The Morgan fingerprint density at radius 2 is 1.78 bits per heavy atom. The van der Waals surface area contributed by atoms with Crippen molar-refractivity contribution in [3.05, 3.63) is 59.2 Å². The third-order valence-electron chi connectivity index (χ3n) is 5.49. The Kier molecular flexibility index (Phi) is 7.98.